The summed E-state index contributed by atoms with van der Waals surface area (Å²) in [5.41, 5.74) is 0. The number of hydrogen-bond acceptors (Lipinski definition) is 3. The van der Waals surface area contributed by atoms with Gasteiger partial charge in [-0.3, -0.25) is 4.79 Å². The van der Waals surface area contributed by atoms with E-state index in [-0.39, 0.29) is 18.6 Å². The van der Waals surface area contributed by atoms with Crippen molar-refractivity contribution < 1.29 is 19.7 Å². The molecule has 0 amide bonds. The van der Waals surface area contributed by atoms with E-state index in [1.807, 2.05) is 20.8 Å². The first-order chi connectivity index (χ1) is 6.58. The Morgan fingerprint density at radius 1 is 1.43 bits per heavy atom. The van der Waals surface area contributed by atoms with Crippen LogP contribution in [0.15, 0.2) is 0 Å². The van der Waals surface area contributed by atoms with Gasteiger partial charge in [-0.05, 0) is 13.3 Å². The summed E-state index contributed by atoms with van der Waals surface area (Å²) >= 11 is 0. The molecule has 0 spiro atoms. The van der Waals surface area contributed by atoms with Gasteiger partial charge in [0.15, 0.2) is 0 Å². The van der Waals surface area contributed by atoms with Crippen LogP contribution in [0.4, 0.5) is 0 Å². The number of carboxylic acid groups (broad SMARTS) is 1. The van der Waals surface area contributed by atoms with Crippen LogP contribution < -0.4 is 0 Å². The van der Waals surface area contributed by atoms with Crippen LogP contribution in [0.3, 0.4) is 0 Å². The van der Waals surface area contributed by atoms with E-state index >= 15 is 0 Å². The molecule has 1 aliphatic rings. The Labute approximate surface area is 84.9 Å². The van der Waals surface area contributed by atoms with Crippen LogP contribution in [0, 0.1) is 0 Å². The lowest BCUT2D eigenvalue weighted by molar-refractivity contribution is -0.145. The van der Waals surface area contributed by atoms with Gasteiger partial charge >= 0.3 is 5.97 Å². The molecule has 14 heavy (non-hydrogen) atoms. The molecule has 1 aliphatic heterocycles. The number of aliphatic carboxylic acids is 1. The lowest BCUT2D eigenvalue weighted by atomic mass is 10.00. The van der Waals surface area contributed by atoms with Crippen LogP contribution in [0.1, 0.15) is 40.0 Å². The van der Waals surface area contributed by atoms with Gasteiger partial charge in [-0.2, -0.15) is 0 Å². The molecule has 0 aromatic carbocycles. The Kier molecular flexibility index (Phi) is 6.49. The predicted molar refractivity (Wildman–Crippen MR) is 53.2 cm³/mol. The van der Waals surface area contributed by atoms with Gasteiger partial charge < -0.3 is 14.9 Å². The Morgan fingerprint density at radius 2 is 2.00 bits per heavy atom. The number of aliphatic hydroxyl groups excluding tert-OH is 1. The molecule has 1 fully saturated rings. The van der Waals surface area contributed by atoms with Crippen molar-refractivity contribution in [2.75, 3.05) is 0 Å². The number of aliphatic hydroxyl groups is 1. The summed E-state index contributed by atoms with van der Waals surface area (Å²) in [6, 6.07) is 0. The summed E-state index contributed by atoms with van der Waals surface area (Å²) in [6.07, 6.45) is 0.284. The minimum atomic E-state index is -0.874. The van der Waals surface area contributed by atoms with Gasteiger partial charge in [0.1, 0.15) is 0 Å². The molecule has 4 heteroatoms. The molecule has 0 saturated carbocycles. The molecule has 0 aromatic heterocycles. The van der Waals surface area contributed by atoms with Crippen molar-refractivity contribution in [1.29, 1.82) is 0 Å². The second kappa shape index (κ2) is 6.79. The Morgan fingerprint density at radius 3 is 2.43 bits per heavy atom. The van der Waals surface area contributed by atoms with Crippen LogP contribution in [-0.4, -0.2) is 34.5 Å². The summed E-state index contributed by atoms with van der Waals surface area (Å²) in [5.74, 6) is -0.874. The third kappa shape index (κ3) is 5.19. The maximum Gasteiger partial charge on any atom is 0.305 e. The smallest absolute Gasteiger partial charge is 0.305 e. The van der Waals surface area contributed by atoms with Crippen molar-refractivity contribution in [3.8, 4) is 0 Å². The van der Waals surface area contributed by atoms with Gasteiger partial charge in [-0.15, -0.1) is 0 Å². The fourth-order valence-electron chi connectivity index (χ4n) is 1.55. The van der Waals surface area contributed by atoms with E-state index in [4.69, 9.17) is 9.84 Å². The lowest BCUT2D eigenvalue weighted by Crippen LogP contribution is -2.35. The maximum atomic E-state index is 10.3. The average Bonchev–Trinajstić information content (AvgIpc) is 2.04. The number of carbonyl (C=O) groups is 1. The van der Waals surface area contributed by atoms with Gasteiger partial charge in [0, 0.05) is 6.42 Å². The van der Waals surface area contributed by atoms with Crippen molar-refractivity contribution in [2.24, 2.45) is 0 Å². The number of hydrogen-bond donors (Lipinski definition) is 2. The predicted octanol–water partition coefficient (Wildman–Crippen LogP) is 1.42. The van der Waals surface area contributed by atoms with Crippen LogP contribution in [-0.2, 0) is 9.53 Å². The van der Waals surface area contributed by atoms with Gasteiger partial charge in [-0.25, -0.2) is 0 Å². The van der Waals surface area contributed by atoms with E-state index in [9.17, 15) is 9.90 Å². The first-order valence-electron chi connectivity index (χ1n) is 5.13. The zero-order chi connectivity index (χ0) is 11.1. The molecular weight excluding hydrogens is 184 g/mol. The zero-order valence-corrected chi connectivity index (χ0v) is 9.06. The quantitative estimate of drug-likeness (QED) is 0.713. The Bertz CT molecular complexity index is 160. The summed E-state index contributed by atoms with van der Waals surface area (Å²) in [4.78, 5) is 10.3. The van der Waals surface area contributed by atoms with E-state index in [1.54, 1.807) is 0 Å². The van der Waals surface area contributed by atoms with E-state index < -0.39 is 12.1 Å². The Hall–Kier alpha value is -0.610. The fourth-order valence-corrected chi connectivity index (χ4v) is 1.55. The molecule has 1 heterocycles. The minimum absolute atomic E-state index is 0.0125. The van der Waals surface area contributed by atoms with Crippen LogP contribution in [0.25, 0.3) is 0 Å². The maximum absolute atomic E-state index is 10.3. The molecule has 0 radical (unpaired) electrons. The topological polar surface area (TPSA) is 66.8 Å². The Balaban J connectivity index is 0.000000791. The van der Waals surface area contributed by atoms with E-state index in [0.717, 1.165) is 0 Å². The molecule has 1 rings (SSSR count). The van der Waals surface area contributed by atoms with Gasteiger partial charge in [0.05, 0.1) is 24.7 Å². The summed E-state index contributed by atoms with van der Waals surface area (Å²) < 4.78 is 5.33. The fraction of sp³-hybridized carbons (Fsp3) is 0.900. The highest BCUT2D eigenvalue weighted by atomic mass is 16.5. The van der Waals surface area contributed by atoms with Crippen LogP contribution >= 0.6 is 0 Å². The molecule has 1 saturated heterocycles. The lowest BCUT2D eigenvalue weighted by Gasteiger charge is -2.30. The molecule has 3 atom stereocenters. The highest BCUT2D eigenvalue weighted by Gasteiger charge is 2.26. The average molecular weight is 204 g/mol. The standard InChI is InChI=1S/C8H14O4.C2H6/c1-5-2-6(9)3-7(12-5)4-8(10)11;1-2/h5-7,9H,2-4H2,1H3,(H,10,11);1-2H3. The first kappa shape index (κ1) is 13.4. The van der Waals surface area contributed by atoms with Crippen molar-refractivity contribution in [3.05, 3.63) is 0 Å². The van der Waals surface area contributed by atoms with Crippen molar-refractivity contribution in [1.82, 2.24) is 0 Å². The number of rotatable bonds is 2. The van der Waals surface area contributed by atoms with Gasteiger partial charge in [0.25, 0.3) is 0 Å². The van der Waals surface area contributed by atoms with Crippen molar-refractivity contribution >= 4 is 5.97 Å². The van der Waals surface area contributed by atoms with E-state index in [1.165, 1.54) is 0 Å². The molecule has 0 aromatic rings. The summed E-state index contributed by atoms with van der Waals surface area (Å²) in [6.45, 7) is 5.84. The molecular formula is C10H20O4. The summed E-state index contributed by atoms with van der Waals surface area (Å²) in [7, 11) is 0. The molecule has 0 bridgehead atoms. The zero-order valence-electron chi connectivity index (χ0n) is 9.06. The SMILES string of the molecule is CC.CC1CC(O)CC(CC(=O)O)O1. The van der Waals surface area contributed by atoms with Gasteiger partial charge in [-0.1, -0.05) is 13.8 Å². The van der Waals surface area contributed by atoms with Gasteiger partial charge in [0.2, 0.25) is 0 Å². The van der Waals surface area contributed by atoms with Crippen LogP contribution in [0.2, 0.25) is 0 Å². The molecule has 84 valence electrons. The second-order valence-electron chi connectivity index (χ2n) is 3.29. The number of carboxylic acids is 1. The third-order valence-corrected chi connectivity index (χ3v) is 1.97. The molecule has 3 unspecified atom stereocenters. The molecule has 4 nitrogen and oxygen atoms in total. The second-order valence-corrected chi connectivity index (χ2v) is 3.29. The largest absolute Gasteiger partial charge is 0.481 e. The minimum Gasteiger partial charge on any atom is -0.481 e. The molecule has 2 N–H and O–H groups in total. The van der Waals surface area contributed by atoms with Crippen molar-refractivity contribution in [3.63, 3.8) is 0 Å². The first-order valence-corrected chi connectivity index (χ1v) is 5.13. The highest BCUT2D eigenvalue weighted by Crippen LogP contribution is 2.21. The monoisotopic (exact) mass is 204 g/mol. The third-order valence-electron chi connectivity index (χ3n) is 1.97. The highest BCUT2D eigenvalue weighted by molar-refractivity contribution is 5.67. The van der Waals surface area contributed by atoms with Crippen LogP contribution in [0.5, 0.6) is 0 Å². The molecule has 0 aliphatic carbocycles. The van der Waals surface area contributed by atoms with E-state index in [0.29, 0.717) is 12.8 Å². The normalized spacial score (nSPS) is 31.6. The summed E-state index contributed by atoms with van der Waals surface area (Å²) in [5, 5.41) is 17.8. The van der Waals surface area contributed by atoms with E-state index in [2.05, 4.69) is 0 Å². The number of ether oxygens (including phenoxy) is 1. The van der Waals surface area contributed by atoms with Crippen molar-refractivity contribution in [2.45, 2.75) is 58.3 Å².